The summed E-state index contributed by atoms with van der Waals surface area (Å²) in [4.78, 5) is 33.8. The third kappa shape index (κ3) is 4.79. The highest BCUT2D eigenvalue weighted by Gasteiger charge is 2.14. The fraction of sp³-hybridized carbons (Fsp3) is 0.125. The monoisotopic (exact) mass is 348 g/mol. The van der Waals surface area contributed by atoms with Crippen molar-refractivity contribution in [3.05, 3.63) is 74.8 Å². The van der Waals surface area contributed by atoms with Crippen LogP contribution in [0.3, 0.4) is 0 Å². The van der Waals surface area contributed by atoms with Gasteiger partial charge in [-0.15, -0.1) is 0 Å². The molecule has 0 unspecified atom stereocenters. The van der Waals surface area contributed by atoms with E-state index in [1.165, 1.54) is 30.3 Å². The molecule has 1 N–H and O–H groups in total. The molecule has 2 rings (SSSR count). The van der Waals surface area contributed by atoms with E-state index in [2.05, 4.69) is 5.32 Å². The quantitative estimate of drug-likeness (QED) is 0.491. The predicted octanol–water partition coefficient (Wildman–Crippen LogP) is 2.72. The summed E-state index contributed by atoms with van der Waals surface area (Å²) in [7, 11) is 0. The molecule has 0 saturated carbocycles. The molecule has 0 aliphatic carbocycles. The van der Waals surface area contributed by atoms with Crippen LogP contribution in [0.5, 0.6) is 0 Å². The second-order valence-corrected chi connectivity index (χ2v) is 5.17. The van der Waals surface area contributed by atoms with Crippen molar-refractivity contribution in [1.29, 1.82) is 0 Å². The van der Waals surface area contributed by atoms with E-state index in [4.69, 9.17) is 16.3 Å². The first-order valence-corrected chi connectivity index (χ1v) is 7.27. The maximum Gasteiger partial charge on any atom is 0.325 e. The lowest BCUT2D eigenvalue weighted by Gasteiger charge is -2.07. The smallest absolute Gasteiger partial charge is 0.325 e. The average Bonchev–Trinajstić information content (AvgIpc) is 2.58. The van der Waals surface area contributed by atoms with Gasteiger partial charge in [0.2, 0.25) is 0 Å². The predicted molar refractivity (Wildman–Crippen MR) is 86.7 cm³/mol. The normalized spacial score (nSPS) is 10.0. The van der Waals surface area contributed by atoms with Gasteiger partial charge >= 0.3 is 5.97 Å². The lowest BCUT2D eigenvalue weighted by atomic mass is 10.2. The molecule has 24 heavy (non-hydrogen) atoms. The number of carbonyl (C=O) groups excluding carboxylic acids is 2. The molecule has 1 amide bonds. The van der Waals surface area contributed by atoms with Crippen molar-refractivity contribution in [2.45, 2.75) is 6.61 Å². The molecule has 0 spiro atoms. The number of hydrogen-bond donors (Lipinski definition) is 1. The molecular formula is C16H13ClN2O5. The van der Waals surface area contributed by atoms with Gasteiger partial charge in [0.25, 0.3) is 11.6 Å². The van der Waals surface area contributed by atoms with Crippen LogP contribution in [0, 0.1) is 10.1 Å². The van der Waals surface area contributed by atoms with Gasteiger partial charge in [0.1, 0.15) is 13.2 Å². The fourth-order valence-electron chi connectivity index (χ4n) is 1.88. The highest BCUT2D eigenvalue weighted by Crippen LogP contribution is 2.18. The number of para-hydroxylation sites is 1. The van der Waals surface area contributed by atoms with E-state index in [0.717, 1.165) is 0 Å². The minimum atomic E-state index is -0.699. The molecule has 2 aromatic rings. The Morgan fingerprint density at radius 3 is 2.46 bits per heavy atom. The molecule has 0 atom stereocenters. The number of esters is 1. The van der Waals surface area contributed by atoms with Crippen LogP contribution in [0.4, 0.5) is 5.69 Å². The van der Waals surface area contributed by atoms with E-state index in [1.807, 2.05) is 0 Å². The Balaban J connectivity index is 1.85. The van der Waals surface area contributed by atoms with Crippen LogP contribution < -0.4 is 5.32 Å². The summed E-state index contributed by atoms with van der Waals surface area (Å²) >= 11 is 5.72. The van der Waals surface area contributed by atoms with Crippen molar-refractivity contribution < 1.29 is 19.2 Å². The zero-order chi connectivity index (χ0) is 17.5. The molecule has 0 aromatic heterocycles. The second kappa shape index (κ2) is 8.07. The van der Waals surface area contributed by atoms with Crippen molar-refractivity contribution in [3.8, 4) is 0 Å². The van der Waals surface area contributed by atoms with Gasteiger partial charge in [0, 0.05) is 16.7 Å². The number of halogens is 1. The minimum absolute atomic E-state index is 0.129. The molecule has 0 aliphatic rings. The van der Waals surface area contributed by atoms with Crippen LogP contribution >= 0.6 is 11.6 Å². The number of carbonyl (C=O) groups is 2. The SMILES string of the molecule is O=C(CNC(=O)c1ccc(Cl)cc1)OCc1ccccc1[N+](=O)[O-]. The Kier molecular flexibility index (Phi) is 5.86. The number of nitro groups is 1. The third-order valence-corrected chi connectivity index (χ3v) is 3.33. The second-order valence-electron chi connectivity index (χ2n) is 4.74. The van der Waals surface area contributed by atoms with Crippen LogP contribution in [-0.2, 0) is 16.1 Å². The van der Waals surface area contributed by atoms with E-state index in [-0.39, 0.29) is 24.4 Å². The number of amides is 1. The number of ether oxygens (including phenoxy) is 1. The maximum absolute atomic E-state index is 11.8. The van der Waals surface area contributed by atoms with Gasteiger partial charge in [0.05, 0.1) is 10.5 Å². The van der Waals surface area contributed by atoms with Crippen LogP contribution in [-0.4, -0.2) is 23.3 Å². The van der Waals surface area contributed by atoms with E-state index in [0.29, 0.717) is 10.6 Å². The standard InChI is InChI=1S/C16H13ClN2O5/c17-13-7-5-11(6-8-13)16(21)18-9-15(20)24-10-12-3-1-2-4-14(12)19(22)23/h1-8H,9-10H2,(H,18,21). The van der Waals surface area contributed by atoms with Gasteiger partial charge in [-0.05, 0) is 30.3 Å². The number of benzene rings is 2. The molecular weight excluding hydrogens is 336 g/mol. The van der Waals surface area contributed by atoms with Crippen molar-refractivity contribution in [3.63, 3.8) is 0 Å². The maximum atomic E-state index is 11.8. The summed E-state index contributed by atoms with van der Waals surface area (Å²) in [6.45, 7) is -0.588. The van der Waals surface area contributed by atoms with Gasteiger partial charge in [-0.25, -0.2) is 0 Å². The zero-order valence-corrected chi connectivity index (χ0v) is 13.2. The van der Waals surface area contributed by atoms with Gasteiger partial charge in [-0.2, -0.15) is 0 Å². The van der Waals surface area contributed by atoms with Crippen molar-refractivity contribution >= 4 is 29.2 Å². The molecule has 124 valence electrons. The first-order chi connectivity index (χ1) is 11.5. The Morgan fingerprint density at radius 1 is 1.12 bits per heavy atom. The molecule has 0 fully saturated rings. The van der Waals surface area contributed by atoms with Crippen molar-refractivity contribution in [2.75, 3.05) is 6.54 Å². The molecule has 7 nitrogen and oxygen atoms in total. The zero-order valence-electron chi connectivity index (χ0n) is 12.4. The first kappa shape index (κ1) is 17.4. The largest absolute Gasteiger partial charge is 0.459 e. The fourth-order valence-corrected chi connectivity index (χ4v) is 2.00. The lowest BCUT2D eigenvalue weighted by Crippen LogP contribution is -2.30. The number of nitrogens with one attached hydrogen (secondary N) is 1. The summed E-state index contributed by atoms with van der Waals surface area (Å²) in [6.07, 6.45) is 0. The first-order valence-electron chi connectivity index (χ1n) is 6.89. The van der Waals surface area contributed by atoms with E-state index in [1.54, 1.807) is 18.2 Å². The number of nitrogens with zero attached hydrogens (tertiary/aromatic N) is 1. The van der Waals surface area contributed by atoms with Crippen LogP contribution in [0.25, 0.3) is 0 Å². The Morgan fingerprint density at radius 2 is 1.79 bits per heavy atom. The molecule has 0 aliphatic heterocycles. The van der Waals surface area contributed by atoms with Crippen LogP contribution in [0.15, 0.2) is 48.5 Å². The van der Waals surface area contributed by atoms with E-state index >= 15 is 0 Å². The van der Waals surface area contributed by atoms with E-state index < -0.39 is 16.8 Å². The summed E-state index contributed by atoms with van der Waals surface area (Å²) in [6, 6.07) is 12.1. The van der Waals surface area contributed by atoms with Gasteiger partial charge < -0.3 is 10.1 Å². The summed E-state index contributed by atoms with van der Waals surface area (Å²) in [5.41, 5.74) is 0.501. The van der Waals surface area contributed by atoms with Crippen LogP contribution in [0.1, 0.15) is 15.9 Å². The van der Waals surface area contributed by atoms with Crippen molar-refractivity contribution in [1.82, 2.24) is 5.32 Å². The average molecular weight is 349 g/mol. The third-order valence-electron chi connectivity index (χ3n) is 3.08. The molecule has 0 heterocycles. The lowest BCUT2D eigenvalue weighted by molar-refractivity contribution is -0.385. The topological polar surface area (TPSA) is 98.5 Å². The minimum Gasteiger partial charge on any atom is -0.459 e. The summed E-state index contributed by atoms with van der Waals surface area (Å²) < 4.78 is 4.95. The Bertz CT molecular complexity index is 761. The number of rotatable bonds is 6. The molecule has 0 bridgehead atoms. The molecule has 0 radical (unpaired) electrons. The highest BCUT2D eigenvalue weighted by atomic mass is 35.5. The van der Waals surface area contributed by atoms with Gasteiger partial charge in [0.15, 0.2) is 0 Å². The number of hydrogen-bond acceptors (Lipinski definition) is 5. The van der Waals surface area contributed by atoms with E-state index in [9.17, 15) is 19.7 Å². The molecule has 2 aromatic carbocycles. The highest BCUT2D eigenvalue weighted by molar-refractivity contribution is 6.30. The van der Waals surface area contributed by atoms with Crippen molar-refractivity contribution in [2.24, 2.45) is 0 Å². The summed E-state index contributed by atoms with van der Waals surface area (Å²) in [5.74, 6) is -1.15. The molecule has 0 saturated heterocycles. The van der Waals surface area contributed by atoms with Gasteiger partial charge in [-0.3, -0.25) is 19.7 Å². The number of nitro benzene ring substituents is 1. The van der Waals surface area contributed by atoms with Crippen LogP contribution in [0.2, 0.25) is 5.02 Å². The summed E-state index contributed by atoms with van der Waals surface area (Å²) in [5, 5.41) is 13.8. The Hall–Kier alpha value is -2.93. The Labute approximate surface area is 142 Å². The molecule has 8 heteroatoms. The van der Waals surface area contributed by atoms with Gasteiger partial charge in [-0.1, -0.05) is 23.7 Å².